The molecule has 1 aliphatic heterocycles. The van der Waals surface area contributed by atoms with E-state index in [9.17, 15) is 13.2 Å². The van der Waals surface area contributed by atoms with E-state index in [0.29, 0.717) is 25.2 Å². The summed E-state index contributed by atoms with van der Waals surface area (Å²) in [5.41, 5.74) is 2.44. The summed E-state index contributed by atoms with van der Waals surface area (Å²) in [6, 6.07) is 14.0. The van der Waals surface area contributed by atoms with Gasteiger partial charge in [0.1, 0.15) is 12.7 Å². The number of amides is 1. The van der Waals surface area contributed by atoms with Crippen molar-refractivity contribution in [3.63, 3.8) is 0 Å². The Hall–Kier alpha value is -3.04. The first-order valence-corrected chi connectivity index (χ1v) is 12.2. The van der Waals surface area contributed by atoms with Crippen LogP contribution >= 0.6 is 0 Å². The molecule has 4 rings (SSSR count). The van der Waals surface area contributed by atoms with Gasteiger partial charge in [-0.3, -0.25) is 4.79 Å². The molecule has 8 nitrogen and oxygen atoms in total. The number of sulfonamides is 1. The summed E-state index contributed by atoms with van der Waals surface area (Å²) in [4.78, 5) is 16.8. The molecule has 1 aromatic heterocycles. The molecule has 1 aliphatic rings. The number of piperidine rings is 1. The van der Waals surface area contributed by atoms with Crippen molar-refractivity contribution in [3.8, 4) is 0 Å². The Bertz CT molecular complexity index is 1160. The number of hydrogen-bond donors (Lipinski definition) is 1. The van der Waals surface area contributed by atoms with E-state index in [4.69, 9.17) is 0 Å². The number of aromatic nitrogens is 3. The van der Waals surface area contributed by atoms with Crippen molar-refractivity contribution in [1.29, 1.82) is 0 Å². The van der Waals surface area contributed by atoms with E-state index in [1.807, 2.05) is 31.2 Å². The molecule has 1 amide bonds. The molecule has 2 heterocycles. The van der Waals surface area contributed by atoms with Crippen LogP contribution in [0.15, 0.2) is 66.1 Å². The molecule has 3 aromatic rings. The summed E-state index contributed by atoms with van der Waals surface area (Å²) in [5, 5.41) is 7.05. The molecule has 1 fully saturated rings. The second-order valence-electron chi connectivity index (χ2n) is 8.03. The molecule has 0 aliphatic carbocycles. The van der Waals surface area contributed by atoms with Gasteiger partial charge in [-0.05, 0) is 55.2 Å². The zero-order chi connectivity index (χ0) is 22.6. The number of nitrogens with one attached hydrogen (secondary N) is 1. The van der Waals surface area contributed by atoms with Gasteiger partial charge in [0.05, 0.1) is 11.4 Å². The highest BCUT2D eigenvalue weighted by Gasteiger charge is 2.30. The van der Waals surface area contributed by atoms with Crippen molar-refractivity contribution in [2.45, 2.75) is 50.2 Å². The van der Waals surface area contributed by atoms with Crippen molar-refractivity contribution in [3.05, 3.63) is 77.9 Å². The van der Waals surface area contributed by atoms with Crippen LogP contribution in [0.5, 0.6) is 0 Å². The zero-order valence-corrected chi connectivity index (χ0v) is 18.8. The fourth-order valence-corrected chi connectivity index (χ4v) is 5.69. The largest absolute Gasteiger partial charge is 0.348 e. The lowest BCUT2D eigenvalue weighted by atomic mass is 10.1. The summed E-state index contributed by atoms with van der Waals surface area (Å²) in [5.74, 6) is -0.254. The predicted molar refractivity (Wildman–Crippen MR) is 120 cm³/mol. The summed E-state index contributed by atoms with van der Waals surface area (Å²) in [7, 11) is -3.55. The van der Waals surface area contributed by atoms with Crippen molar-refractivity contribution in [1.82, 2.24) is 24.4 Å². The SMILES string of the molecule is CC1CCCCN1S(=O)(=O)c1ccc(C(=O)NCc2ccccc2Cn2cncn2)cc1. The predicted octanol–water partition coefficient (Wildman–Crippen LogP) is 2.82. The molecule has 2 aromatic carbocycles. The molecule has 32 heavy (non-hydrogen) atoms. The number of rotatable bonds is 7. The lowest BCUT2D eigenvalue weighted by Crippen LogP contribution is -2.41. The van der Waals surface area contributed by atoms with Crippen LogP contribution in [0.25, 0.3) is 0 Å². The molecule has 1 unspecified atom stereocenters. The van der Waals surface area contributed by atoms with Crippen LogP contribution < -0.4 is 5.32 Å². The van der Waals surface area contributed by atoms with Crippen LogP contribution in [0.3, 0.4) is 0 Å². The lowest BCUT2D eigenvalue weighted by molar-refractivity contribution is 0.0950. The quantitative estimate of drug-likeness (QED) is 0.593. The molecular weight excluding hydrogens is 426 g/mol. The third-order valence-electron chi connectivity index (χ3n) is 5.82. The number of carbonyl (C=O) groups is 1. The van der Waals surface area contributed by atoms with Gasteiger partial charge in [-0.2, -0.15) is 9.40 Å². The molecule has 1 atom stereocenters. The maximum absolute atomic E-state index is 13.0. The highest BCUT2D eigenvalue weighted by Crippen LogP contribution is 2.25. The van der Waals surface area contributed by atoms with Crippen molar-refractivity contribution in [2.75, 3.05) is 6.54 Å². The van der Waals surface area contributed by atoms with Gasteiger partial charge in [0.25, 0.3) is 5.91 Å². The van der Waals surface area contributed by atoms with Gasteiger partial charge in [0, 0.05) is 24.7 Å². The molecule has 0 spiro atoms. The Morgan fingerprint density at radius 3 is 2.53 bits per heavy atom. The number of hydrogen-bond acceptors (Lipinski definition) is 5. The maximum atomic E-state index is 13.0. The molecule has 1 N–H and O–H groups in total. The summed E-state index contributed by atoms with van der Waals surface area (Å²) in [6.45, 7) is 3.40. The van der Waals surface area contributed by atoms with Crippen molar-refractivity contribution in [2.24, 2.45) is 0 Å². The maximum Gasteiger partial charge on any atom is 0.251 e. The fourth-order valence-electron chi connectivity index (χ4n) is 3.99. The van der Waals surface area contributed by atoms with Gasteiger partial charge >= 0.3 is 0 Å². The van der Waals surface area contributed by atoms with Crippen LogP contribution in [-0.2, 0) is 23.1 Å². The molecular formula is C23H27N5O3S. The second kappa shape index (κ2) is 9.62. The zero-order valence-electron chi connectivity index (χ0n) is 18.0. The Labute approximate surface area is 188 Å². The van der Waals surface area contributed by atoms with Crippen LogP contribution in [0, 0.1) is 0 Å². The molecule has 0 radical (unpaired) electrons. The van der Waals surface area contributed by atoms with Gasteiger partial charge in [-0.15, -0.1) is 0 Å². The lowest BCUT2D eigenvalue weighted by Gasteiger charge is -2.32. The van der Waals surface area contributed by atoms with Crippen molar-refractivity contribution >= 4 is 15.9 Å². The highest BCUT2D eigenvalue weighted by atomic mass is 32.2. The van der Waals surface area contributed by atoms with Crippen LogP contribution in [0.1, 0.15) is 47.7 Å². The molecule has 0 saturated carbocycles. The Morgan fingerprint density at radius 2 is 1.84 bits per heavy atom. The fraction of sp³-hybridized carbons (Fsp3) is 0.348. The van der Waals surface area contributed by atoms with E-state index in [1.165, 1.54) is 18.5 Å². The first kappa shape index (κ1) is 22.2. The third-order valence-corrected chi connectivity index (χ3v) is 7.85. The monoisotopic (exact) mass is 453 g/mol. The van der Waals surface area contributed by atoms with Gasteiger partial charge in [0.2, 0.25) is 10.0 Å². The topological polar surface area (TPSA) is 97.2 Å². The van der Waals surface area contributed by atoms with E-state index in [1.54, 1.807) is 27.4 Å². The Kier molecular flexibility index (Phi) is 6.66. The summed E-state index contributed by atoms with van der Waals surface area (Å²) >= 11 is 0. The van der Waals surface area contributed by atoms with E-state index in [2.05, 4.69) is 15.4 Å². The van der Waals surface area contributed by atoms with Gasteiger partial charge in [-0.1, -0.05) is 30.7 Å². The smallest absolute Gasteiger partial charge is 0.251 e. The molecule has 168 valence electrons. The third kappa shape index (κ3) is 4.89. The van der Waals surface area contributed by atoms with Gasteiger partial charge in [-0.25, -0.2) is 18.1 Å². The van der Waals surface area contributed by atoms with E-state index < -0.39 is 10.0 Å². The summed E-state index contributed by atoms with van der Waals surface area (Å²) < 4.78 is 29.2. The minimum Gasteiger partial charge on any atom is -0.348 e. The highest BCUT2D eigenvalue weighted by molar-refractivity contribution is 7.89. The number of benzene rings is 2. The Morgan fingerprint density at radius 1 is 1.09 bits per heavy atom. The molecule has 0 bridgehead atoms. The average Bonchev–Trinajstić information content (AvgIpc) is 3.32. The van der Waals surface area contributed by atoms with Crippen LogP contribution in [0.2, 0.25) is 0 Å². The number of nitrogens with zero attached hydrogens (tertiary/aromatic N) is 4. The van der Waals surface area contributed by atoms with Crippen LogP contribution in [-0.4, -0.2) is 46.0 Å². The van der Waals surface area contributed by atoms with E-state index in [0.717, 1.165) is 30.4 Å². The van der Waals surface area contributed by atoms with Gasteiger partial charge < -0.3 is 5.32 Å². The van der Waals surface area contributed by atoms with E-state index >= 15 is 0 Å². The minimum absolute atomic E-state index is 0.00526. The Balaban J connectivity index is 1.42. The minimum atomic E-state index is -3.55. The first-order chi connectivity index (χ1) is 15.4. The molecule has 9 heteroatoms. The van der Waals surface area contributed by atoms with Gasteiger partial charge in [0.15, 0.2) is 0 Å². The number of carbonyl (C=O) groups excluding carboxylic acids is 1. The molecule has 1 saturated heterocycles. The summed E-state index contributed by atoms with van der Waals surface area (Å²) in [6.07, 6.45) is 5.94. The average molecular weight is 454 g/mol. The first-order valence-electron chi connectivity index (χ1n) is 10.7. The normalized spacial score (nSPS) is 17.2. The van der Waals surface area contributed by atoms with Crippen molar-refractivity contribution < 1.29 is 13.2 Å². The van der Waals surface area contributed by atoms with Crippen LogP contribution in [0.4, 0.5) is 0 Å². The standard InChI is InChI=1S/C23H27N5O3S/c1-18-6-4-5-13-28(18)32(30,31)22-11-9-19(10-12-22)23(29)25-14-20-7-2-3-8-21(20)15-27-17-24-16-26-27/h2-3,7-12,16-18H,4-6,13-15H2,1H3,(H,25,29). The second-order valence-corrected chi connectivity index (χ2v) is 9.92. The van der Waals surface area contributed by atoms with E-state index in [-0.39, 0.29) is 16.8 Å².